The smallest absolute Gasteiger partial charge is 0.150 e. The Morgan fingerprint density at radius 3 is 2.33 bits per heavy atom. The molecular formula is C13H16O2. The molecule has 0 aliphatic carbocycles. The van der Waals surface area contributed by atoms with Gasteiger partial charge in [0.1, 0.15) is 12.1 Å². The number of carbonyl (C=O) groups is 2. The first-order chi connectivity index (χ1) is 7.13. The lowest BCUT2D eigenvalue weighted by Crippen LogP contribution is -2.07. The van der Waals surface area contributed by atoms with Gasteiger partial charge in [0.15, 0.2) is 0 Å². The molecule has 1 rings (SSSR count). The van der Waals surface area contributed by atoms with Crippen LogP contribution in [-0.2, 0) is 11.2 Å². The van der Waals surface area contributed by atoms with Crippen molar-refractivity contribution in [2.45, 2.75) is 26.7 Å². The predicted molar refractivity (Wildman–Crippen MR) is 60.0 cm³/mol. The van der Waals surface area contributed by atoms with Gasteiger partial charge in [0.05, 0.1) is 0 Å². The fraction of sp³-hybridized carbons (Fsp3) is 0.385. The average molecular weight is 204 g/mol. The van der Waals surface area contributed by atoms with Crippen LogP contribution in [0.25, 0.3) is 0 Å². The Hall–Kier alpha value is -1.44. The summed E-state index contributed by atoms with van der Waals surface area (Å²) in [6.45, 7) is 3.83. The fourth-order valence-corrected chi connectivity index (χ4v) is 1.32. The van der Waals surface area contributed by atoms with Gasteiger partial charge in [0.2, 0.25) is 0 Å². The average Bonchev–Trinajstić information content (AvgIpc) is 2.26. The number of carbonyl (C=O) groups excluding carboxylic acids is 2. The van der Waals surface area contributed by atoms with Crippen molar-refractivity contribution in [3.63, 3.8) is 0 Å². The van der Waals surface area contributed by atoms with Crippen LogP contribution in [-0.4, -0.2) is 12.1 Å². The summed E-state index contributed by atoms with van der Waals surface area (Å²) in [5.74, 6) is 0.397. The van der Waals surface area contributed by atoms with Gasteiger partial charge < -0.3 is 0 Å². The third-order valence-corrected chi connectivity index (χ3v) is 2.42. The van der Waals surface area contributed by atoms with Crippen molar-refractivity contribution in [2.75, 3.05) is 0 Å². The minimum Gasteiger partial charge on any atom is -0.299 e. The van der Waals surface area contributed by atoms with Crippen LogP contribution in [0.15, 0.2) is 24.3 Å². The Balaban J connectivity index is 2.51. The van der Waals surface area contributed by atoms with Crippen molar-refractivity contribution in [2.24, 2.45) is 5.92 Å². The molecule has 1 aromatic rings. The first kappa shape index (κ1) is 11.6. The number of benzene rings is 1. The molecule has 0 spiro atoms. The lowest BCUT2D eigenvalue weighted by atomic mass is 10.0. The highest BCUT2D eigenvalue weighted by Gasteiger charge is 2.06. The highest BCUT2D eigenvalue weighted by molar-refractivity contribution is 5.80. The second-order valence-electron chi connectivity index (χ2n) is 3.98. The lowest BCUT2D eigenvalue weighted by Gasteiger charge is -2.04. The molecule has 0 amide bonds. The SMILES string of the molecule is CC(C)C(=O)CCc1ccc(C=O)cc1. The summed E-state index contributed by atoms with van der Waals surface area (Å²) >= 11 is 0. The van der Waals surface area contributed by atoms with Gasteiger partial charge in [-0.25, -0.2) is 0 Å². The molecule has 0 bridgehead atoms. The van der Waals surface area contributed by atoms with E-state index in [1.807, 2.05) is 26.0 Å². The standard InChI is InChI=1S/C13H16O2/c1-10(2)13(15)8-7-11-3-5-12(9-14)6-4-11/h3-6,9-10H,7-8H2,1-2H3. The van der Waals surface area contributed by atoms with Gasteiger partial charge in [-0.3, -0.25) is 9.59 Å². The van der Waals surface area contributed by atoms with E-state index in [0.29, 0.717) is 12.0 Å². The molecule has 0 radical (unpaired) electrons. The summed E-state index contributed by atoms with van der Waals surface area (Å²) in [5.41, 5.74) is 1.78. The van der Waals surface area contributed by atoms with E-state index in [2.05, 4.69) is 0 Å². The highest BCUT2D eigenvalue weighted by Crippen LogP contribution is 2.08. The summed E-state index contributed by atoms with van der Waals surface area (Å²) in [6, 6.07) is 7.36. The Bertz CT molecular complexity index is 336. The molecule has 2 heteroatoms. The van der Waals surface area contributed by atoms with Crippen LogP contribution in [0.3, 0.4) is 0 Å². The molecule has 0 N–H and O–H groups in total. The Kier molecular flexibility index (Phi) is 4.22. The maximum atomic E-state index is 11.4. The third-order valence-electron chi connectivity index (χ3n) is 2.42. The van der Waals surface area contributed by atoms with Crippen molar-refractivity contribution < 1.29 is 9.59 Å². The van der Waals surface area contributed by atoms with E-state index in [9.17, 15) is 9.59 Å². The highest BCUT2D eigenvalue weighted by atomic mass is 16.1. The number of rotatable bonds is 5. The van der Waals surface area contributed by atoms with E-state index in [4.69, 9.17) is 0 Å². The van der Waals surface area contributed by atoms with E-state index in [1.165, 1.54) is 0 Å². The zero-order chi connectivity index (χ0) is 11.3. The van der Waals surface area contributed by atoms with Crippen LogP contribution >= 0.6 is 0 Å². The van der Waals surface area contributed by atoms with Crippen LogP contribution in [0.1, 0.15) is 36.2 Å². The lowest BCUT2D eigenvalue weighted by molar-refractivity contribution is -0.121. The molecular weight excluding hydrogens is 188 g/mol. The van der Waals surface area contributed by atoms with Gasteiger partial charge in [-0.1, -0.05) is 38.1 Å². The van der Waals surface area contributed by atoms with Crippen molar-refractivity contribution in [1.82, 2.24) is 0 Å². The number of Topliss-reactive ketones (excluding diaryl/α,β-unsaturated/α-hetero) is 1. The summed E-state index contributed by atoms with van der Waals surface area (Å²) in [4.78, 5) is 21.8. The summed E-state index contributed by atoms with van der Waals surface area (Å²) in [7, 11) is 0. The normalized spacial score (nSPS) is 10.3. The number of aldehydes is 1. The van der Waals surface area contributed by atoms with Crippen LogP contribution in [0.5, 0.6) is 0 Å². The molecule has 15 heavy (non-hydrogen) atoms. The number of hydrogen-bond acceptors (Lipinski definition) is 2. The molecule has 0 atom stereocenters. The monoisotopic (exact) mass is 204 g/mol. The molecule has 1 aromatic carbocycles. The topological polar surface area (TPSA) is 34.1 Å². The van der Waals surface area contributed by atoms with Crippen LogP contribution in [0.4, 0.5) is 0 Å². The molecule has 0 aliphatic rings. The van der Waals surface area contributed by atoms with Gasteiger partial charge in [0.25, 0.3) is 0 Å². The fourth-order valence-electron chi connectivity index (χ4n) is 1.32. The maximum Gasteiger partial charge on any atom is 0.150 e. The van der Waals surface area contributed by atoms with Crippen LogP contribution in [0.2, 0.25) is 0 Å². The van der Waals surface area contributed by atoms with E-state index in [1.54, 1.807) is 12.1 Å². The van der Waals surface area contributed by atoms with E-state index >= 15 is 0 Å². The molecule has 0 saturated carbocycles. The molecule has 0 saturated heterocycles. The summed E-state index contributed by atoms with van der Waals surface area (Å²) < 4.78 is 0. The zero-order valence-electron chi connectivity index (χ0n) is 9.19. The zero-order valence-corrected chi connectivity index (χ0v) is 9.19. The van der Waals surface area contributed by atoms with E-state index in [0.717, 1.165) is 18.3 Å². The van der Waals surface area contributed by atoms with Gasteiger partial charge in [-0.05, 0) is 12.0 Å². The van der Waals surface area contributed by atoms with Crippen molar-refractivity contribution in [3.8, 4) is 0 Å². The molecule has 0 fully saturated rings. The Labute approximate surface area is 90.3 Å². The predicted octanol–water partition coefficient (Wildman–Crippen LogP) is 2.66. The minimum atomic E-state index is 0.110. The largest absolute Gasteiger partial charge is 0.299 e. The molecule has 0 heterocycles. The third kappa shape index (κ3) is 3.66. The summed E-state index contributed by atoms with van der Waals surface area (Å²) in [5, 5.41) is 0. The second-order valence-corrected chi connectivity index (χ2v) is 3.98. The van der Waals surface area contributed by atoms with Crippen LogP contribution in [0, 0.1) is 5.92 Å². The molecule has 80 valence electrons. The number of ketones is 1. The maximum absolute atomic E-state index is 11.4. The second kappa shape index (κ2) is 5.44. The minimum absolute atomic E-state index is 0.110. The Morgan fingerprint density at radius 2 is 1.87 bits per heavy atom. The van der Waals surface area contributed by atoms with Gasteiger partial charge in [0, 0.05) is 17.9 Å². The summed E-state index contributed by atoms with van der Waals surface area (Å²) in [6.07, 6.45) is 2.16. The molecule has 0 aromatic heterocycles. The van der Waals surface area contributed by atoms with Crippen LogP contribution < -0.4 is 0 Å². The number of hydrogen-bond donors (Lipinski definition) is 0. The first-order valence-corrected chi connectivity index (χ1v) is 5.20. The number of aryl methyl sites for hydroxylation is 1. The van der Waals surface area contributed by atoms with Crippen molar-refractivity contribution >= 4 is 12.1 Å². The van der Waals surface area contributed by atoms with E-state index in [-0.39, 0.29) is 11.7 Å². The van der Waals surface area contributed by atoms with Gasteiger partial charge in [-0.15, -0.1) is 0 Å². The van der Waals surface area contributed by atoms with E-state index < -0.39 is 0 Å². The molecule has 0 unspecified atom stereocenters. The van der Waals surface area contributed by atoms with Gasteiger partial charge in [-0.2, -0.15) is 0 Å². The molecule has 0 aliphatic heterocycles. The van der Waals surface area contributed by atoms with Gasteiger partial charge >= 0.3 is 0 Å². The quantitative estimate of drug-likeness (QED) is 0.691. The Morgan fingerprint density at radius 1 is 1.27 bits per heavy atom. The van der Waals surface area contributed by atoms with Crippen molar-refractivity contribution in [1.29, 1.82) is 0 Å². The first-order valence-electron chi connectivity index (χ1n) is 5.20. The molecule has 2 nitrogen and oxygen atoms in total. The van der Waals surface area contributed by atoms with Crippen molar-refractivity contribution in [3.05, 3.63) is 35.4 Å².